The van der Waals surface area contributed by atoms with Crippen molar-refractivity contribution in [2.24, 2.45) is 0 Å². The van der Waals surface area contributed by atoms with Crippen molar-refractivity contribution in [3.05, 3.63) is 58.9 Å². The molecule has 2 aromatic rings. The summed E-state index contributed by atoms with van der Waals surface area (Å²) < 4.78 is 5.03. The summed E-state index contributed by atoms with van der Waals surface area (Å²) in [4.78, 5) is 27.5. The summed E-state index contributed by atoms with van der Waals surface area (Å²) in [6.07, 6.45) is 2.23. The minimum atomic E-state index is -0.374. The predicted molar refractivity (Wildman–Crippen MR) is 84.2 cm³/mol. The van der Waals surface area contributed by atoms with Crippen LogP contribution in [0.15, 0.2) is 42.6 Å². The average Bonchev–Trinajstić information content (AvgIpc) is 2.53. The topological polar surface area (TPSA) is 68.3 Å². The molecule has 0 unspecified atom stereocenters. The van der Waals surface area contributed by atoms with E-state index in [-0.39, 0.29) is 17.0 Å². The van der Waals surface area contributed by atoms with Crippen LogP contribution in [0.4, 0.5) is 5.69 Å². The SMILES string of the molecule is CCCOC(=O)c1ccc(NC(=O)c2ccnc(Cl)c2)cc1. The van der Waals surface area contributed by atoms with Crippen LogP contribution in [0.25, 0.3) is 0 Å². The smallest absolute Gasteiger partial charge is 0.338 e. The van der Waals surface area contributed by atoms with Crippen molar-refractivity contribution in [1.82, 2.24) is 4.98 Å². The molecule has 0 fully saturated rings. The molecule has 1 heterocycles. The van der Waals surface area contributed by atoms with Gasteiger partial charge in [-0.3, -0.25) is 4.79 Å². The summed E-state index contributed by atoms with van der Waals surface area (Å²) in [5.41, 5.74) is 1.43. The van der Waals surface area contributed by atoms with E-state index in [1.165, 1.54) is 12.3 Å². The molecule has 1 aromatic heterocycles. The lowest BCUT2D eigenvalue weighted by atomic mass is 10.2. The Morgan fingerprint density at radius 1 is 1.18 bits per heavy atom. The van der Waals surface area contributed by atoms with Gasteiger partial charge in [0.25, 0.3) is 5.91 Å². The summed E-state index contributed by atoms with van der Waals surface area (Å²) in [6, 6.07) is 9.54. The number of nitrogens with zero attached hydrogens (tertiary/aromatic N) is 1. The van der Waals surface area contributed by atoms with Crippen LogP contribution in [0.2, 0.25) is 5.15 Å². The third-order valence-corrected chi connectivity index (χ3v) is 3.01. The van der Waals surface area contributed by atoms with E-state index < -0.39 is 0 Å². The van der Waals surface area contributed by atoms with E-state index in [0.29, 0.717) is 23.4 Å². The normalized spacial score (nSPS) is 10.1. The van der Waals surface area contributed by atoms with E-state index in [9.17, 15) is 9.59 Å². The summed E-state index contributed by atoms with van der Waals surface area (Å²) in [7, 11) is 0. The number of hydrogen-bond donors (Lipinski definition) is 1. The Morgan fingerprint density at radius 3 is 2.55 bits per heavy atom. The number of carbonyl (C=O) groups excluding carboxylic acids is 2. The fourth-order valence-electron chi connectivity index (χ4n) is 1.71. The van der Waals surface area contributed by atoms with E-state index in [2.05, 4.69) is 10.3 Å². The Bertz CT molecular complexity index is 671. The highest BCUT2D eigenvalue weighted by Gasteiger charge is 2.09. The molecular weight excluding hydrogens is 304 g/mol. The number of hydrogen-bond acceptors (Lipinski definition) is 4. The zero-order chi connectivity index (χ0) is 15.9. The van der Waals surface area contributed by atoms with Gasteiger partial charge in [0.1, 0.15) is 5.15 Å². The zero-order valence-corrected chi connectivity index (χ0v) is 12.8. The van der Waals surface area contributed by atoms with Gasteiger partial charge in [-0.1, -0.05) is 18.5 Å². The number of carbonyl (C=O) groups is 2. The highest BCUT2D eigenvalue weighted by atomic mass is 35.5. The van der Waals surface area contributed by atoms with E-state index in [4.69, 9.17) is 16.3 Å². The molecule has 0 bridgehead atoms. The quantitative estimate of drug-likeness (QED) is 0.676. The molecule has 22 heavy (non-hydrogen) atoms. The van der Waals surface area contributed by atoms with Gasteiger partial charge in [0.05, 0.1) is 12.2 Å². The van der Waals surface area contributed by atoms with Crippen LogP contribution in [-0.4, -0.2) is 23.5 Å². The lowest BCUT2D eigenvalue weighted by Gasteiger charge is -2.07. The van der Waals surface area contributed by atoms with Gasteiger partial charge in [0.2, 0.25) is 0 Å². The molecule has 2 rings (SSSR count). The molecule has 0 aliphatic heterocycles. The summed E-state index contributed by atoms with van der Waals surface area (Å²) in [5.74, 6) is -0.675. The van der Waals surface area contributed by atoms with Gasteiger partial charge in [-0.25, -0.2) is 9.78 Å². The first-order valence-corrected chi connectivity index (χ1v) is 7.18. The molecule has 6 heteroatoms. The van der Waals surface area contributed by atoms with Crippen LogP contribution in [0.3, 0.4) is 0 Å². The first-order valence-electron chi connectivity index (χ1n) is 6.80. The van der Waals surface area contributed by atoms with Crippen molar-refractivity contribution in [1.29, 1.82) is 0 Å². The number of esters is 1. The van der Waals surface area contributed by atoms with Crippen LogP contribution in [0.1, 0.15) is 34.1 Å². The maximum Gasteiger partial charge on any atom is 0.338 e. The predicted octanol–water partition coefficient (Wildman–Crippen LogP) is 3.55. The number of ether oxygens (including phenoxy) is 1. The molecule has 114 valence electrons. The van der Waals surface area contributed by atoms with Crippen LogP contribution >= 0.6 is 11.6 Å². The first kappa shape index (κ1) is 16.0. The third-order valence-electron chi connectivity index (χ3n) is 2.80. The Labute approximate surface area is 133 Å². The van der Waals surface area contributed by atoms with Crippen LogP contribution < -0.4 is 5.32 Å². The summed E-state index contributed by atoms with van der Waals surface area (Å²) >= 11 is 5.75. The average molecular weight is 319 g/mol. The van der Waals surface area contributed by atoms with Crippen LogP contribution in [0, 0.1) is 0 Å². The van der Waals surface area contributed by atoms with Crippen molar-refractivity contribution in [3.8, 4) is 0 Å². The molecule has 0 radical (unpaired) electrons. The molecule has 0 spiro atoms. The molecule has 1 aromatic carbocycles. The molecule has 1 N–H and O–H groups in total. The van der Waals surface area contributed by atoms with Gasteiger partial charge < -0.3 is 10.1 Å². The van der Waals surface area contributed by atoms with Crippen molar-refractivity contribution in [2.75, 3.05) is 11.9 Å². The van der Waals surface area contributed by atoms with E-state index in [1.54, 1.807) is 30.3 Å². The molecule has 0 aliphatic rings. The fraction of sp³-hybridized carbons (Fsp3) is 0.188. The third kappa shape index (κ3) is 4.30. The van der Waals surface area contributed by atoms with Gasteiger partial charge in [0.15, 0.2) is 0 Å². The number of anilines is 1. The number of nitrogens with one attached hydrogen (secondary N) is 1. The van der Waals surface area contributed by atoms with Gasteiger partial charge in [-0.2, -0.15) is 0 Å². The molecule has 1 amide bonds. The highest BCUT2D eigenvalue weighted by molar-refractivity contribution is 6.29. The molecule has 0 saturated heterocycles. The maximum absolute atomic E-state index is 12.0. The standard InChI is InChI=1S/C16H15ClN2O3/c1-2-9-22-16(21)11-3-5-13(6-4-11)19-15(20)12-7-8-18-14(17)10-12/h3-8,10H,2,9H2,1H3,(H,19,20). The summed E-state index contributed by atoms with van der Waals surface area (Å²) in [5, 5.41) is 2.97. The maximum atomic E-state index is 12.0. The minimum Gasteiger partial charge on any atom is -0.462 e. The Hall–Kier alpha value is -2.40. The van der Waals surface area contributed by atoms with Crippen molar-refractivity contribution in [2.45, 2.75) is 13.3 Å². The number of rotatable bonds is 5. The fourth-order valence-corrected chi connectivity index (χ4v) is 1.89. The van der Waals surface area contributed by atoms with Crippen molar-refractivity contribution in [3.63, 3.8) is 0 Å². The highest BCUT2D eigenvalue weighted by Crippen LogP contribution is 2.13. The second-order valence-corrected chi connectivity index (χ2v) is 4.92. The lowest BCUT2D eigenvalue weighted by Crippen LogP contribution is -2.12. The number of benzene rings is 1. The van der Waals surface area contributed by atoms with Crippen molar-refractivity contribution >= 4 is 29.2 Å². The van der Waals surface area contributed by atoms with E-state index >= 15 is 0 Å². The molecule has 0 saturated carbocycles. The molecule has 0 aliphatic carbocycles. The monoisotopic (exact) mass is 318 g/mol. The molecular formula is C16H15ClN2O3. The van der Waals surface area contributed by atoms with Gasteiger partial charge in [-0.05, 0) is 42.8 Å². The van der Waals surface area contributed by atoms with Gasteiger partial charge in [-0.15, -0.1) is 0 Å². The lowest BCUT2D eigenvalue weighted by molar-refractivity contribution is 0.0505. The first-order chi connectivity index (χ1) is 10.6. The Kier molecular flexibility index (Phi) is 5.49. The molecule has 5 nitrogen and oxygen atoms in total. The number of amides is 1. The second-order valence-electron chi connectivity index (χ2n) is 4.53. The largest absolute Gasteiger partial charge is 0.462 e. The van der Waals surface area contributed by atoms with E-state index in [0.717, 1.165) is 6.42 Å². The second kappa shape index (κ2) is 7.56. The summed E-state index contributed by atoms with van der Waals surface area (Å²) in [6.45, 7) is 2.32. The molecule has 0 atom stereocenters. The van der Waals surface area contributed by atoms with Crippen LogP contribution in [-0.2, 0) is 4.74 Å². The number of pyridine rings is 1. The number of halogens is 1. The minimum absolute atomic E-state index is 0.252. The zero-order valence-electron chi connectivity index (χ0n) is 12.0. The van der Waals surface area contributed by atoms with Crippen molar-refractivity contribution < 1.29 is 14.3 Å². The number of aromatic nitrogens is 1. The van der Waals surface area contributed by atoms with E-state index in [1.807, 2.05) is 6.92 Å². The van der Waals surface area contributed by atoms with Crippen LogP contribution in [0.5, 0.6) is 0 Å². The Morgan fingerprint density at radius 2 is 1.91 bits per heavy atom. The van der Waals surface area contributed by atoms with Gasteiger partial charge in [0, 0.05) is 17.4 Å². The Balaban J connectivity index is 2.02. The van der Waals surface area contributed by atoms with Gasteiger partial charge >= 0.3 is 5.97 Å².